The van der Waals surface area contributed by atoms with E-state index in [1.165, 1.54) is 59.7 Å². The molecule has 3 aliphatic heterocycles. The molecular weight excluding hydrogens is 1120 g/mol. The zero-order valence-corrected chi connectivity index (χ0v) is 46.3. The van der Waals surface area contributed by atoms with Crippen LogP contribution in [0.25, 0.3) is 10.1 Å². The molecule has 1 unspecified atom stereocenters. The molecule has 5 heterocycles. The van der Waals surface area contributed by atoms with E-state index in [0.717, 1.165) is 15.0 Å². The number of anilines is 3. The van der Waals surface area contributed by atoms with E-state index in [4.69, 9.17) is 39.4 Å². The number of carbonyl (C=O) groups is 7. The van der Waals surface area contributed by atoms with Crippen molar-refractivity contribution in [2.24, 2.45) is 12.9 Å². The van der Waals surface area contributed by atoms with Crippen LogP contribution >= 0.6 is 11.3 Å². The minimum absolute atomic E-state index is 0.0137. The van der Waals surface area contributed by atoms with Crippen LogP contribution in [-0.4, -0.2) is 184 Å². The number of aliphatic hydroxyl groups is 5. The van der Waals surface area contributed by atoms with Crippen LogP contribution in [0, 0.1) is 0 Å². The van der Waals surface area contributed by atoms with Crippen LogP contribution in [0.2, 0.25) is 0 Å². The summed E-state index contributed by atoms with van der Waals surface area (Å²) < 4.78 is 36.2. The molecule has 5 aromatic rings. The predicted molar refractivity (Wildman–Crippen MR) is 298 cm³/mol. The summed E-state index contributed by atoms with van der Waals surface area (Å²) in [5.74, 6) is 0.716. The Labute approximate surface area is 483 Å². The highest BCUT2D eigenvalue weighted by molar-refractivity contribution is 7.20. The molecule has 0 saturated carbocycles. The number of carboxylic acid groups (broad SMARTS) is 1. The average molecular weight is 1190 g/mol. The lowest BCUT2D eigenvalue weighted by molar-refractivity contribution is -0.271. The summed E-state index contributed by atoms with van der Waals surface area (Å²) in [4.78, 5) is 100. The highest BCUT2D eigenvalue weighted by Crippen LogP contribution is 2.42. The zero-order chi connectivity index (χ0) is 60.4. The number of fused-ring (bicyclic) bond motifs is 3. The second kappa shape index (κ2) is 27.9. The third-order valence-corrected chi connectivity index (χ3v) is 14.8. The second-order valence-electron chi connectivity index (χ2n) is 19.6. The fourth-order valence-electron chi connectivity index (χ4n) is 9.46. The molecule has 84 heavy (non-hydrogen) atoms. The summed E-state index contributed by atoms with van der Waals surface area (Å²) in [5.41, 5.74) is 1.42. The van der Waals surface area contributed by atoms with Gasteiger partial charge < -0.3 is 94.6 Å². The number of hydrogen-bond acceptors (Lipinski definition) is 21. The molecule has 28 nitrogen and oxygen atoms in total. The minimum atomic E-state index is -2.02. The molecule has 0 radical (unpaired) electrons. The number of rotatable bonds is 25. The Morgan fingerprint density at radius 1 is 0.833 bits per heavy atom. The fourth-order valence-corrected chi connectivity index (χ4v) is 10.4. The van der Waals surface area contributed by atoms with Gasteiger partial charge in [-0.05, 0) is 78.7 Å². The fraction of sp³-hybridized carbons (Fsp3) is 0.400. The first-order valence-corrected chi connectivity index (χ1v) is 27.2. The number of methoxy groups -OCH3 is 1. The number of nitrogens with two attached hydrogens (primary N) is 1. The number of aliphatic carboxylic acids is 1. The maximum Gasteiger partial charge on any atom is 0.416 e. The van der Waals surface area contributed by atoms with Gasteiger partial charge in [0.2, 0.25) is 12.2 Å². The van der Waals surface area contributed by atoms with E-state index in [-0.39, 0.29) is 117 Å². The van der Waals surface area contributed by atoms with Gasteiger partial charge in [0.1, 0.15) is 36.4 Å². The van der Waals surface area contributed by atoms with Crippen molar-refractivity contribution in [1.82, 2.24) is 20.1 Å². The second-order valence-corrected chi connectivity index (χ2v) is 20.7. The lowest BCUT2D eigenvalue weighted by atomic mass is 9.99. The first-order valence-electron chi connectivity index (χ1n) is 26.4. The molecule has 29 heteroatoms. The van der Waals surface area contributed by atoms with Crippen molar-refractivity contribution >= 4 is 80.1 Å². The van der Waals surface area contributed by atoms with Gasteiger partial charge in [-0.1, -0.05) is 18.2 Å². The molecule has 0 aliphatic carbocycles. The van der Waals surface area contributed by atoms with Crippen LogP contribution in [0.5, 0.6) is 17.2 Å². The summed E-state index contributed by atoms with van der Waals surface area (Å²) in [5, 5.41) is 73.6. The van der Waals surface area contributed by atoms with Gasteiger partial charge in [0.05, 0.1) is 67.0 Å². The monoisotopic (exact) mass is 1190 g/mol. The first kappa shape index (κ1) is 61.8. The normalized spacial score (nSPS) is 20.1. The van der Waals surface area contributed by atoms with Crippen LogP contribution in [0.1, 0.15) is 72.1 Å². The lowest BCUT2D eigenvalue weighted by Crippen LogP contribution is -2.61. The summed E-state index contributed by atoms with van der Waals surface area (Å²) in [6, 6.07) is 14.0. The van der Waals surface area contributed by atoms with E-state index in [1.54, 1.807) is 42.1 Å². The number of benzene rings is 3. The Morgan fingerprint density at radius 2 is 1.62 bits per heavy atom. The van der Waals surface area contributed by atoms with E-state index in [1.807, 2.05) is 0 Å². The van der Waals surface area contributed by atoms with Crippen LogP contribution in [0.3, 0.4) is 0 Å². The van der Waals surface area contributed by atoms with Gasteiger partial charge in [-0.2, -0.15) is 0 Å². The van der Waals surface area contributed by atoms with Gasteiger partial charge in [0.15, 0.2) is 23.8 Å². The number of nitrogens with zero attached hydrogens (tertiary/aromatic N) is 3. The summed E-state index contributed by atoms with van der Waals surface area (Å²) in [6.45, 7) is 3.88. The smallest absolute Gasteiger partial charge is 0.416 e. The number of aliphatic hydroxyl groups excluding tert-OH is 5. The van der Waals surface area contributed by atoms with Crippen molar-refractivity contribution < 1.29 is 97.5 Å². The molecule has 6 amide bonds. The molecular formula is C55H64N8O20S. The van der Waals surface area contributed by atoms with Crippen molar-refractivity contribution in [2.45, 2.75) is 75.3 Å². The standard InChI is InChI=1S/C55H64N8O20S/c1-28-18-37-52(73)63(55(76)80-27-29-7-9-38(34(19-29)48(69)58-12-15-78-16-17-81-56)82-54-46(68)44(66)45(67)47(83-54)53(74)75)35-24-40(39(77-3)23-33(35)51(72)62(37)25-28)79-14-4-6-43(65)59-32-22-36(61(2)26-32)49(70)60-31-8-10-41-30(20-31)21-42(84-41)50(71)57-11-5-13-64/h7-10,19-24,26,37,44-47,52,54,64,66-68,73H,1,4-6,11-18,25,27,56H2,2-3H3,(H,57,71)(H,58,69)(H,59,65)(H,60,70)(H,74,75)/t37-,44-,45-,46+,47-,52?,54+/m0/s1. The third kappa shape index (κ3) is 14.4. The Balaban J connectivity index is 0.934. The van der Waals surface area contributed by atoms with Crippen LogP contribution in [0.15, 0.2) is 79.0 Å². The van der Waals surface area contributed by atoms with Crippen LogP contribution in [-0.2, 0) is 42.3 Å². The predicted octanol–water partition coefficient (Wildman–Crippen LogP) is 1.56. The summed E-state index contributed by atoms with van der Waals surface area (Å²) in [7, 11) is 2.98. The lowest BCUT2D eigenvalue weighted by Gasteiger charge is -2.38. The van der Waals surface area contributed by atoms with E-state index >= 15 is 0 Å². The zero-order valence-electron chi connectivity index (χ0n) is 45.5. The number of amides is 6. The number of aryl methyl sites for hydroxylation is 1. The highest BCUT2D eigenvalue weighted by Gasteiger charge is 2.49. The molecule has 450 valence electrons. The number of thiophene rings is 1. The minimum Gasteiger partial charge on any atom is -0.493 e. The SMILES string of the molecule is C=C1C[C@H]2C(O)N(C(=O)OCc3ccc(O[C@@H]4O[C@H](C(=O)O)[C@@H](O)[C@H](O)[C@H]4O)c(C(=O)NCCOCCON)c3)c3cc(OCCCC(=O)Nc4cc(C(=O)Nc5ccc6sc(C(=O)NCCCO)cc6c5)n(C)c4)c(OC)cc3C(=O)N2C1. The van der Waals surface area contributed by atoms with Crippen molar-refractivity contribution in [2.75, 3.05) is 75.3 Å². The number of carboxylic acids is 1. The van der Waals surface area contributed by atoms with Gasteiger partial charge in [0.25, 0.3) is 23.6 Å². The average Bonchev–Trinajstić information content (AvgIpc) is 2.50. The van der Waals surface area contributed by atoms with Crippen LogP contribution < -0.4 is 46.3 Å². The van der Waals surface area contributed by atoms with E-state index in [0.29, 0.717) is 34.8 Å². The van der Waals surface area contributed by atoms with Gasteiger partial charge in [-0.25, -0.2) is 20.4 Å². The third-order valence-electron chi connectivity index (χ3n) is 13.7. The molecule has 0 spiro atoms. The molecule has 12 N–H and O–H groups in total. The van der Waals surface area contributed by atoms with Crippen LogP contribution in [0.4, 0.5) is 21.9 Å². The molecule has 2 aromatic heterocycles. The van der Waals surface area contributed by atoms with Crippen molar-refractivity contribution in [3.05, 3.63) is 106 Å². The Bertz CT molecular complexity index is 3280. The largest absolute Gasteiger partial charge is 0.493 e. The van der Waals surface area contributed by atoms with E-state index in [9.17, 15) is 59.1 Å². The number of carbonyl (C=O) groups excluding carboxylic acids is 6. The maximum absolute atomic E-state index is 14.4. The Morgan fingerprint density at radius 3 is 2.37 bits per heavy atom. The van der Waals surface area contributed by atoms with Crippen molar-refractivity contribution in [1.29, 1.82) is 0 Å². The molecule has 2 fully saturated rings. The number of aromatic nitrogens is 1. The molecule has 2 saturated heterocycles. The Kier molecular flexibility index (Phi) is 20.5. The van der Waals surface area contributed by atoms with Gasteiger partial charge >= 0.3 is 12.1 Å². The molecule has 8 rings (SSSR count). The molecule has 3 aromatic carbocycles. The quantitative estimate of drug-likeness (QED) is 0.0224. The number of nitrogens with one attached hydrogen (secondary N) is 4. The van der Waals surface area contributed by atoms with Crippen molar-refractivity contribution in [3.63, 3.8) is 0 Å². The van der Waals surface area contributed by atoms with Crippen molar-refractivity contribution in [3.8, 4) is 17.2 Å². The van der Waals surface area contributed by atoms with E-state index < -0.39 is 85.3 Å². The topological polar surface area (TPSA) is 391 Å². The summed E-state index contributed by atoms with van der Waals surface area (Å²) >= 11 is 1.30. The Hall–Kier alpha value is -8.23. The van der Waals surface area contributed by atoms with Gasteiger partial charge in [-0.15, -0.1) is 11.3 Å². The van der Waals surface area contributed by atoms with Gasteiger partial charge in [0, 0.05) is 62.4 Å². The molecule has 0 bridgehead atoms. The first-order chi connectivity index (χ1) is 40.3. The van der Waals surface area contributed by atoms with Gasteiger partial charge in [-0.3, -0.25) is 24.0 Å². The van der Waals surface area contributed by atoms with E-state index in [2.05, 4.69) is 32.7 Å². The number of hydrogen-bond donors (Lipinski definition) is 11. The summed E-state index contributed by atoms with van der Waals surface area (Å²) in [6.07, 6.45) is -10.5. The number of ether oxygens (including phenoxy) is 6. The molecule has 7 atom stereocenters. The highest BCUT2D eigenvalue weighted by atomic mass is 32.1. The molecule has 3 aliphatic rings. The maximum atomic E-state index is 14.4.